The monoisotopic (exact) mass is 397 g/mol. The van der Waals surface area contributed by atoms with Crippen molar-refractivity contribution in [2.24, 2.45) is 0 Å². The van der Waals surface area contributed by atoms with Crippen LogP contribution >= 0.6 is 11.3 Å². The van der Waals surface area contributed by atoms with Crippen LogP contribution in [0, 0.1) is 6.92 Å². The molecule has 1 saturated heterocycles. The number of aryl methyl sites for hydroxylation is 1. The molecule has 146 valence electrons. The minimum Gasteiger partial charge on any atom is -0.497 e. The van der Waals surface area contributed by atoms with E-state index < -0.39 is 0 Å². The Balaban J connectivity index is 1.33. The molecule has 2 aromatic heterocycles. The number of methoxy groups -OCH3 is 1. The van der Waals surface area contributed by atoms with Crippen LogP contribution in [-0.2, 0) is 6.54 Å². The van der Waals surface area contributed by atoms with E-state index in [1.165, 1.54) is 0 Å². The van der Waals surface area contributed by atoms with Crippen LogP contribution < -0.4 is 4.74 Å². The van der Waals surface area contributed by atoms with Gasteiger partial charge in [-0.1, -0.05) is 0 Å². The molecule has 1 aromatic carbocycles. The van der Waals surface area contributed by atoms with E-state index in [9.17, 15) is 4.79 Å². The van der Waals surface area contributed by atoms with Crippen molar-refractivity contribution in [3.8, 4) is 16.3 Å². The van der Waals surface area contributed by atoms with Gasteiger partial charge in [-0.05, 0) is 37.3 Å². The zero-order valence-electron chi connectivity index (χ0n) is 16.1. The van der Waals surface area contributed by atoms with Gasteiger partial charge in [0.1, 0.15) is 10.8 Å². The number of thiazole rings is 1. The Morgan fingerprint density at radius 2 is 1.93 bits per heavy atom. The number of hydrogen-bond donors (Lipinski definition) is 0. The Labute approximate surface area is 168 Å². The molecule has 0 atom stereocenters. The van der Waals surface area contributed by atoms with Crippen LogP contribution in [0.1, 0.15) is 21.8 Å². The van der Waals surface area contributed by atoms with Gasteiger partial charge in [0.05, 0.1) is 19.1 Å². The second kappa shape index (κ2) is 8.16. The van der Waals surface area contributed by atoms with Gasteiger partial charge in [-0.25, -0.2) is 4.98 Å². The van der Waals surface area contributed by atoms with E-state index in [0.717, 1.165) is 47.2 Å². The molecule has 0 saturated carbocycles. The Kier molecular flexibility index (Phi) is 5.45. The van der Waals surface area contributed by atoms with Crippen molar-refractivity contribution < 1.29 is 13.9 Å². The molecule has 1 amide bonds. The van der Waals surface area contributed by atoms with Crippen LogP contribution in [0.2, 0.25) is 0 Å². The number of carbonyl (C=O) groups is 1. The predicted octanol–water partition coefficient (Wildman–Crippen LogP) is 3.68. The van der Waals surface area contributed by atoms with Crippen LogP contribution in [0.25, 0.3) is 10.6 Å². The Morgan fingerprint density at radius 3 is 2.57 bits per heavy atom. The second-order valence-electron chi connectivity index (χ2n) is 6.87. The number of amides is 1. The molecule has 0 bridgehead atoms. The lowest BCUT2D eigenvalue weighted by atomic mass is 10.2. The van der Waals surface area contributed by atoms with E-state index in [-0.39, 0.29) is 5.91 Å². The average Bonchev–Trinajstić information content (AvgIpc) is 3.37. The number of piperazine rings is 1. The number of carbonyl (C=O) groups excluding carboxylic acids is 1. The van der Waals surface area contributed by atoms with Crippen LogP contribution in [0.3, 0.4) is 0 Å². The number of furan rings is 1. The van der Waals surface area contributed by atoms with E-state index in [1.807, 2.05) is 42.2 Å². The number of nitrogens with zero attached hydrogens (tertiary/aromatic N) is 3. The topological polar surface area (TPSA) is 58.8 Å². The van der Waals surface area contributed by atoms with Gasteiger partial charge in [-0.2, -0.15) is 0 Å². The fourth-order valence-corrected chi connectivity index (χ4v) is 4.14. The van der Waals surface area contributed by atoms with Crippen molar-refractivity contribution in [2.45, 2.75) is 13.5 Å². The minimum absolute atomic E-state index is 0.0161. The van der Waals surface area contributed by atoms with Gasteiger partial charge < -0.3 is 14.1 Å². The van der Waals surface area contributed by atoms with Crippen LogP contribution in [-0.4, -0.2) is 54.0 Å². The zero-order valence-corrected chi connectivity index (χ0v) is 16.9. The zero-order chi connectivity index (χ0) is 19.5. The molecule has 7 heteroatoms. The van der Waals surface area contributed by atoms with Crippen molar-refractivity contribution >= 4 is 17.2 Å². The largest absolute Gasteiger partial charge is 0.497 e. The first kappa shape index (κ1) is 18.7. The highest BCUT2D eigenvalue weighted by Crippen LogP contribution is 2.26. The summed E-state index contributed by atoms with van der Waals surface area (Å²) in [6.07, 6.45) is 1.57. The number of rotatable bonds is 5. The van der Waals surface area contributed by atoms with Gasteiger partial charge in [0.15, 0.2) is 5.76 Å². The molecule has 6 nitrogen and oxygen atoms in total. The molecule has 0 N–H and O–H groups in total. The number of benzene rings is 1. The molecule has 3 aromatic rings. The minimum atomic E-state index is -0.0161. The van der Waals surface area contributed by atoms with Crippen LogP contribution in [0.5, 0.6) is 5.75 Å². The summed E-state index contributed by atoms with van der Waals surface area (Å²) < 4.78 is 10.5. The summed E-state index contributed by atoms with van der Waals surface area (Å²) in [6.45, 7) is 5.77. The van der Waals surface area contributed by atoms with Gasteiger partial charge in [-0.3, -0.25) is 9.69 Å². The van der Waals surface area contributed by atoms with Crippen molar-refractivity contribution in [1.29, 1.82) is 0 Å². The lowest BCUT2D eigenvalue weighted by molar-refractivity contribution is 0.0595. The average molecular weight is 398 g/mol. The molecule has 1 aliphatic heterocycles. The molecule has 0 unspecified atom stereocenters. The smallest absolute Gasteiger partial charge is 0.289 e. The van der Waals surface area contributed by atoms with Crippen molar-refractivity contribution in [1.82, 2.24) is 14.8 Å². The number of aromatic nitrogens is 1. The van der Waals surface area contributed by atoms with Gasteiger partial charge in [0.25, 0.3) is 5.91 Å². The number of hydrogen-bond acceptors (Lipinski definition) is 6. The highest BCUT2D eigenvalue weighted by molar-refractivity contribution is 7.13. The predicted molar refractivity (Wildman–Crippen MR) is 109 cm³/mol. The maximum atomic E-state index is 12.5. The van der Waals surface area contributed by atoms with Gasteiger partial charge in [-0.15, -0.1) is 11.3 Å². The summed E-state index contributed by atoms with van der Waals surface area (Å²) in [5, 5.41) is 3.13. The summed E-state index contributed by atoms with van der Waals surface area (Å²) in [7, 11) is 1.67. The molecule has 1 aliphatic rings. The van der Waals surface area contributed by atoms with Crippen LogP contribution in [0.4, 0.5) is 0 Å². The molecule has 0 spiro atoms. The highest BCUT2D eigenvalue weighted by atomic mass is 32.1. The maximum Gasteiger partial charge on any atom is 0.289 e. The molecule has 3 heterocycles. The first-order chi connectivity index (χ1) is 13.6. The normalized spacial score (nSPS) is 15.0. The Hall–Kier alpha value is -2.64. The number of ether oxygens (including phenoxy) is 1. The molecular weight excluding hydrogens is 374 g/mol. The first-order valence-corrected chi connectivity index (χ1v) is 10.2. The fourth-order valence-electron chi connectivity index (χ4n) is 3.32. The van der Waals surface area contributed by atoms with E-state index in [2.05, 4.69) is 10.3 Å². The van der Waals surface area contributed by atoms with E-state index in [4.69, 9.17) is 14.1 Å². The van der Waals surface area contributed by atoms with Crippen molar-refractivity contribution in [3.05, 3.63) is 59.0 Å². The lowest BCUT2D eigenvalue weighted by Gasteiger charge is -2.34. The van der Waals surface area contributed by atoms with Gasteiger partial charge >= 0.3 is 0 Å². The van der Waals surface area contributed by atoms with E-state index in [0.29, 0.717) is 18.8 Å². The van der Waals surface area contributed by atoms with Crippen LogP contribution in [0.15, 0.2) is 46.4 Å². The summed E-state index contributed by atoms with van der Waals surface area (Å²) in [5.74, 6) is 1.28. The molecule has 0 radical (unpaired) electrons. The van der Waals surface area contributed by atoms with Crippen molar-refractivity contribution in [2.75, 3.05) is 33.3 Å². The summed E-state index contributed by atoms with van der Waals surface area (Å²) in [4.78, 5) is 21.5. The SMILES string of the molecule is COc1ccc(-c2nc(CN3CCN(C(=O)c4occc4C)CC3)cs2)cc1. The molecular formula is C21H23N3O3S. The quantitative estimate of drug-likeness (QED) is 0.657. The summed E-state index contributed by atoms with van der Waals surface area (Å²) >= 11 is 1.65. The van der Waals surface area contributed by atoms with Crippen molar-refractivity contribution in [3.63, 3.8) is 0 Å². The van der Waals surface area contributed by atoms with E-state index in [1.54, 1.807) is 24.7 Å². The third-order valence-corrected chi connectivity index (χ3v) is 5.93. The second-order valence-corrected chi connectivity index (χ2v) is 7.73. The molecule has 1 fully saturated rings. The third kappa shape index (κ3) is 3.95. The Morgan fingerprint density at radius 1 is 1.18 bits per heavy atom. The molecule has 28 heavy (non-hydrogen) atoms. The fraction of sp³-hybridized carbons (Fsp3) is 0.333. The van der Waals surface area contributed by atoms with E-state index >= 15 is 0 Å². The maximum absolute atomic E-state index is 12.5. The first-order valence-electron chi connectivity index (χ1n) is 9.28. The standard InChI is InChI=1S/C21H23N3O3S/c1-15-7-12-27-19(15)21(25)24-10-8-23(9-11-24)13-17-14-28-20(22-17)16-3-5-18(26-2)6-4-16/h3-7,12,14H,8-11,13H2,1-2H3. The Bertz CT molecular complexity index is 940. The molecule has 4 rings (SSSR count). The third-order valence-electron chi connectivity index (χ3n) is 4.99. The lowest BCUT2D eigenvalue weighted by Crippen LogP contribution is -2.48. The summed E-state index contributed by atoms with van der Waals surface area (Å²) in [6, 6.07) is 9.79. The van der Waals surface area contributed by atoms with Gasteiger partial charge in [0.2, 0.25) is 0 Å². The van der Waals surface area contributed by atoms with Gasteiger partial charge in [0, 0.05) is 49.2 Å². The highest BCUT2D eigenvalue weighted by Gasteiger charge is 2.25. The summed E-state index contributed by atoms with van der Waals surface area (Å²) in [5.41, 5.74) is 3.06. The molecule has 0 aliphatic carbocycles.